The van der Waals surface area contributed by atoms with Gasteiger partial charge in [0.25, 0.3) is 0 Å². The topological polar surface area (TPSA) is 30.0 Å². The molecule has 0 spiro atoms. The molecule has 17 heavy (non-hydrogen) atoms. The Morgan fingerprint density at radius 3 is 2.41 bits per heavy atom. The molecule has 0 aliphatic carbocycles. The number of rotatable bonds is 5. The number of Topliss-reactive ketones (excluding diaryl/α,β-unsaturated/α-hetero) is 1. The first-order valence-corrected chi connectivity index (χ1v) is 5.83. The molecule has 0 fully saturated rings. The van der Waals surface area contributed by atoms with Crippen molar-refractivity contribution in [3.63, 3.8) is 0 Å². The van der Waals surface area contributed by atoms with Gasteiger partial charge in [0.15, 0.2) is 5.78 Å². The van der Waals surface area contributed by atoms with E-state index in [0.717, 1.165) is 18.4 Å². The molecule has 1 aromatic carbocycles. The molecule has 2 heteroatoms. The molecule has 0 radical (unpaired) electrons. The standard InChI is InChI=1S/C15H15NO/c17-15(14-9-11-16-12-10-14)8-4-7-13-5-2-1-3-6-13/h1-3,5-6,9-12H,4,7-8H2. The van der Waals surface area contributed by atoms with Gasteiger partial charge in [-0.05, 0) is 30.5 Å². The van der Waals surface area contributed by atoms with Crippen LogP contribution >= 0.6 is 0 Å². The van der Waals surface area contributed by atoms with Crippen LogP contribution in [0.3, 0.4) is 0 Å². The first kappa shape index (κ1) is 11.5. The van der Waals surface area contributed by atoms with E-state index in [2.05, 4.69) is 17.1 Å². The van der Waals surface area contributed by atoms with E-state index >= 15 is 0 Å². The number of carbonyl (C=O) groups is 1. The molecule has 2 aromatic rings. The number of hydrogen-bond donors (Lipinski definition) is 0. The van der Waals surface area contributed by atoms with E-state index < -0.39 is 0 Å². The van der Waals surface area contributed by atoms with Crippen LogP contribution in [0.5, 0.6) is 0 Å². The van der Waals surface area contributed by atoms with Gasteiger partial charge in [-0.3, -0.25) is 9.78 Å². The Kier molecular flexibility index (Phi) is 4.03. The number of benzene rings is 1. The molecule has 2 nitrogen and oxygen atoms in total. The van der Waals surface area contributed by atoms with Gasteiger partial charge in [-0.2, -0.15) is 0 Å². The van der Waals surface area contributed by atoms with Gasteiger partial charge in [-0.1, -0.05) is 30.3 Å². The third-order valence-electron chi connectivity index (χ3n) is 2.71. The zero-order valence-electron chi connectivity index (χ0n) is 9.67. The van der Waals surface area contributed by atoms with Gasteiger partial charge in [-0.25, -0.2) is 0 Å². The van der Waals surface area contributed by atoms with E-state index in [1.165, 1.54) is 5.56 Å². The van der Waals surface area contributed by atoms with Crippen LogP contribution in [0, 0.1) is 0 Å². The lowest BCUT2D eigenvalue weighted by Crippen LogP contribution is -1.99. The Balaban J connectivity index is 1.82. The van der Waals surface area contributed by atoms with Crippen LogP contribution in [-0.4, -0.2) is 10.8 Å². The van der Waals surface area contributed by atoms with Crippen LogP contribution in [0.2, 0.25) is 0 Å². The number of pyridine rings is 1. The maximum atomic E-state index is 11.8. The molecule has 0 saturated heterocycles. The Hall–Kier alpha value is -1.96. The average molecular weight is 225 g/mol. The first-order chi connectivity index (χ1) is 8.36. The van der Waals surface area contributed by atoms with Crippen molar-refractivity contribution in [1.82, 2.24) is 4.98 Å². The summed E-state index contributed by atoms with van der Waals surface area (Å²) in [4.78, 5) is 15.7. The molecule has 0 amide bonds. The number of nitrogens with zero attached hydrogens (tertiary/aromatic N) is 1. The third-order valence-corrected chi connectivity index (χ3v) is 2.71. The second kappa shape index (κ2) is 5.94. The molecule has 0 atom stereocenters. The third kappa shape index (κ3) is 3.52. The molecule has 0 saturated carbocycles. The molecule has 0 bridgehead atoms. The van der Waals surface area contributed by atoms with E-state index in [9.17, 15) is 4.79 Å². The van der Waals surface area contributed by atoms with Crippen LogP contribution in [0.1, 0.15) is 28.8 Å². The molecule has 1 aromatic heterocycles. The summed E-state index contributed by atoms with van der Waals surface area (Å²) in [5, 5.41) is 0. The van der Waals surface area contributed by atoms with Crippen molar-refractivity contribution in [2.24, 2.45) is 0 Å². The highest BCUT2D eigenvalue weighted by atomic mass is 16.1. The normalized spacial score (nSPS) is 10.1. The molecular weight excluding hydrogens is 210 g/mol. The predicted octanol–water partition coefficient (Wildman–Crippen LogP) is 3.29. The van der Waals surface area contributed by atoms with Crippen molar-refractivity contribution in [3.8, 4) is 0 Å². The quantitative estimate of drug-likeness (QED) is 0.731. The summed E-state index contributed by atoms with van der Waals surface area (Å²) >= 11 is 0. The molecule has 1 heterocycles. The fourth-order valence-electron chi connectivity index (χ4n) is 1.78. The molecule has 0 unspecified atom stereocenters. The van der Waals surface area contributed by atoms with Crippen molar-refractivity contribution in [3.05, 3.63) is 66.0 Å². The van der Waals surface area contributed by atoms with Crippen molar-refractivity contribution in [2.75, 3.05) is 0 Å². The maximum absolute atomic E-state index is 11.8. The van der Waals surface area contributed by atoms with E-state index in [4.69, 9.17) is 0 Å². The summed E-state index contributed by atoms with van der Waals surface area (Å²) in [6.07, 6.45) is 5.76. The largest absolute Gasteiger partial charge is 0.294 e. The van der Waals surface area contributed by atoms with Crippen LogP contribution in [-0.2, 0) is 6.42 Å². The summed E-state index contributed by atoms with van der Waals surface area (Å²) in [7, 11) is 0. The fourth-order valence-corrected chi connectivity index (χ4v) is 1.78. The lowest BCUT2D eigenvalue weighted by atomic mass is 10.0. The number of aryl methyl sites for hydroxylation is 1. The fraction of sp³-hybridized carbons (Fsp3) is 0.200. The molecule has 0 N–H and O–H groups in total. The monoisotopic (exact) mass is 225 g/mol. The molecule has 2 rings (SSSR count). The molecule has 86 valence electrons. The lowest BCUT2D eigenvalue weighted by molar-refractivity contribution is 0.0980. The smallest absolute Gasteiger partial charge is 0.162 e. The number of aromatic nitrogens is 1. The van der Waals surface area contributed by atoms with Crippen LogP contribution < -0.4 is 0 Å². The second-order valence-electron chi connectivity index (χ2n) is 4.00. The minimum Gasteiger partial charge on any atom is -0.294 e. The van der Waals surface area contributed by atoms with E-state index in [-0.39, 0.29) is 5.78 Å². The summed E-state index contributed by atoms with van der Waals surface area (Å²) < 4.78 is 0. The number of hydrogen-bond acceptors (Lipinski definition) is 2. The van der Waals surface area contributed by atoms with Gasteiger partial charge in [0.2, 0.25) is 0 Å². The van der Waals surface area contributed by atoms with E-state index in [1.54, 1.807) is 24.5 Å². The van der Waals surface area contributed by atoms with Gasteiger partial charge in [-0.15, -0.1) is 0 Å². The van der Waals surface area contributed by atoms with Crippen molar-refractivity contribution >= 4 is 5.78 Å². The molecular formula is C15H15NO. The zero-order chi connectivity index (χ0) is 11.9. The number of ketones is 1. The van der Waals surface area contributed by atoms with Crippen molar-refractivity contribution in [2.45, 2.75) is 19.3 Å². The van der Waals surface area contributed by atoms with Crippen LogP contribution in [0.25, 0.3) is 0 Å². The Bertz CT molecular complexity index is 465. The summed E-state index contributed by atoms with van der Waals surface area (Å²) in [6.45, 7) is 0. The highest BCUT2D eigenvalue weighted by Crippen LogP contribution is 2.08. The predicted molar refractivity (Wildman–Crippen MR) is 67.9 cm³/mol. The highest BCUT2D eigenvalue weighted by Gasteiger charge is 2.04. The van der Waals surface area contributed by atoms with E-state index in [0.29, 0.717) is 6.42 Å². The van der Waals surface area contributed by atoms with Gasteiger partial charge in [0.1, 0.15) is 0 Å². The SMILES string of the molecule is O=C(CCCc1ccccc1)c1ccncc1. The summed E-state index contributed by atoms with van der Waals surface area (Å²) in [6, 6.07) is 13.8. The zero-order valence-corrected chi connectivity index (χ0v) is 9.67. The van der Waals surface area contributed by atoms with Gasteiger partial charge >= 0.3 is 0 Å². The molecule has 0 aliphatic heterocycles. The molecule has 0 aliphatic rings. The lowest BCUT2D eigenvalue weighted by Gasteiger charge is -2.01. The summed E-state index contributed by atoms with van der Waals surface area (Å²) in [5.74, 6) is 0.198. The second-order valence-corrected chi connectivity index (χ2v) is 4.00. The van der Waals surface area contributed by atoms with Gasteiger partial charge < -0.3 is 0 Å². The maximum Gasteiger partial charge on any atom is 0.162 e. The van der Waals surface area contributed by atoms with E-state index in [1.807, 2.05) is 18.2 Å². The average Bonchev–Trinajstić information content (AvgIpc) is 2.41. The minimum absolute atomic E-state index is 0.198. The number of carbonyl (C=O) groups excluding carboxylic acids is 1. The van der Waals surface area contributed by atoms with Crippen LogP contribution in [0.4, 0.5) is 0 Å². The Morgan fingerprint density at radius 2 is 1.71 bits per heavy atom. The van der Waals surface area contributed by atoms with Crippen molar-refractivity contribution in [1.29, 1.82) is 0 Å². The van der Waals surface area contributed by atoms with Gasteiger partial charge in [0, 0.05) is 24.4 Å². The van der Waals surface area contributed by atoms with Crippen molar-refractivity contribution < 1.29 is 4.79 Å². The highest BCUT2D eigenvalue weighted by molar-refractivity contribution is 5.95. The van der Waals surface area contributed by atoms with Gasteiger partial charge in [0.05, 0.1) is 0 Å². The summed E-state index contributed by atoms with van der Waals surface area (Å²) in [5.41, 5.74) is 2.04. The minimum atomic E-state index is 0.198. The Morgan fingerprint density at radius 1 is 1.00 bits per heavy atom. The van der Waals surface area contributed by atoms with Crippen LogP contribution in [0.15, 0.2) is 54.9 Å². The first-order valence-electron chi connectivity index (χ1n) is 5.83. The Labute approximate surface area is 101 Å².